The molecule has 1 heterocycles. The molecule has 0 aromatic carbocycles. The zero-order valence-electron chi connectivity index (χ0n) is 8.63. The summed E-state index contributed by atoms with van der Waals surface area (Å²) in [6, 6.07) is 0. The van der Waals surface area contributed by atoms with Gasteiger partial charge in [0, 0.05) is 0 Å². The maximum absolute atomic E-state index is 5.96. The molecule has 1 unspecified atom stereocenters. The van der Waals surface area contributed by atoms with Crippen molar-refractivity contribution >= 4 is 18.7 Å². The Balaban J connectivity index is 2.76. The van der Waals surface area contributed by atoms with E-state index >= 15 is 0 Å². The van der Waals surface area contributed by atoms with E-state index in [4.69, 9.17) is 20.9 Å². The SMILES string of the molecule is C=CC(Cl)B1OC(C)(C)C(C)(C)O1. The maximum atomic E-state index is 5.96. The van der Waals surface area contributed by atoms with Gasteiger partial charge in [-0.1, -0.05) is 6.08 Å². The molecule has 1 aliphatic heterocycles. The monoisotopic (exact) mass is 202 g/mol. The average Bonchev–Trinajstić information content (AvgIpc) is 2.20. The highest BCUT2D eigenvalue weighted by molar-refractivity contribution is 6.60. The van der Waals surface area contributed by atoms with Gasteiger partial charge in [0.2, 0.25) is 0 Å². The summed E-state index contributed by atoms with van der Waals surface area (Å²) in [6.45, 7) is 11.6. The summed E-state index contributed by atoms with van der Waals surface area (Å²) >= 11 is 5.96. The first-order chi connectivity index (χ1) is 5.80. The molecule has 4 heteroatoms. The predicted octanol–water partition coefficient (Wildman–Crippen LogP) is 2.41. The number of hydrogen-bond acceptors (Lipinski definition) is 2. The van der Waals surface area contributed by atoms with E-state index in [1.807, 2.05) is 27.7 Å². The summed E-state index contributed by atoms with van der Waals surface area (Å²) in [4.78, 5) is 0. The molecule has 1 fully saturated rings. The fraction of sp³-hybridized carbons (Fsp3) is 0.778. The number of hydrogen-bond donors (Lipinski definition) is 0. The lowest BCUT2D eigenvalue weighted by Crippen LogP contribution is -2.41. The third kappa shape index (κ3) is 1.93. The molecule has 0 spiro atoms. The molecule has 0 N–H and O–H groups in total. The van der Waals surface area contributed by atoms with Crippen molar-refractivity contribution in [3.8, 4) is 0 Å². The minimum atomic E-state index is -0.385. The van der Waals surface area contributed by atoms with Crippen molar-refractivity contribution < 1.29 is 9.31 Å². The van der Waals surface area contributed by atoms with E-state index in [-0.39, 0.29) is 23.6 Å². The molecule has 0 saturated carbocycles. The molecular formula is C9H16BClO2. The van der Waals surface area contributed by atoms with Crippen LogP contribution in [0.15, 0.2) is 12.7 Å². The highest BCUT2D eigenvalue weighted by Gasteiger charge is 2.52. The van der Waals surface area contributed by atoms with E-state index in [9.17, 15) is 0 Å². The molecule has 13 heavy (non-hydrogen) atoms. The lowest BCUT2D eigenvalue weighted by atomic mass is 9.84. The Hall–Kier alpha value is 0.0149. The van der Waals surface area contributed by atoms with Crippen molar-refractivity contribution in [1.29, 1.82) is 0 Å². The number of rotatable bonds is 2. The number of allylic oxidation sites excluding steroid dienone is 1. The number of alkyl halides is 1. The Morgan fingerprint density at radius 1 is 1.23 bits per heavy atom. The van der Waals surface area contributed by atoms with Crippen molar-refractivity contribution in [3.05, 3.63) is 12.7 Å². The highest BCUT2D eigenvalue weighted by atomic mass is 35.5. The van der Waals surface area contributed by atoms with Crippen LogP contribution in [-0.2, 0) is 9.31 Å². The highest BCUT2D eigenvalue weighted by Crippen LogP contribution is 2.38. The predicted molar refractivity (Wildman–Crippen MR) is 55.9 cm³/mol. The van der Waals surface area contributed by atoms with Gasteiger partial charge in [-0.2, -0.15) is 0 Å². The summed E-state index contributed by atoms with van der Waals surface area (Å²) < 4.78 is 11.4. The zero-order chi connectivity index (χ0) is 10.3. The van der Waals surface area contributed by atoms with Crippen LogP contribution in [0.2, 0.25) is 0 Å². The van der Waals surface area contributed by atoms with E-state index < -0.39 is 0 Å². The van der Waals surface area contributed by atoms with Gasteiger partial charge in [-0.05, 0) is 27.7 Å². The summed E-state index contributed by atoms with van der Waals surface area (Å²) in [6.07, 6.45) is 1.63. The normalized spacial score (nSPS) is 27.3. The van der Waals surface area contributed by atoms with E-state index in [2.05, 4.69) is 6.58 Å². The standard InChI is InChI=1S/C9H16BClO2/c1-6-7(11)10-12-8(2,3)9(4,5)13-10/h6-7H,1H2,2-5H3. The second-order valence-electron chi connectivity index (χ2n) is 4.30. The summed E-state index contributed by atoms with van der Waals surface area (Å²) in [5.41, 5.74) is -0.623. The topological polar surface area (TPSA) is 18.5 Å². The number of halogens is 1. The lowest BCUT2D eigenvalue weighted by Gasteiger charge is -2.32. The first kappa shape index (κ1) is 11.1. The van der Waals surface area contributed by atoms with Gasteiger partial charge in [-0.25, -0.2) is 0 Å². The molecule has 0 radical (unpaired) electrons. The van der Waals surface area contributed by atoms with Crippen molar-refractivity contribution in [2.45, 2.75) is 44.2 Å². The van der Waals surface area contributed by atoms with E-state index in [1.165, 1.54) is 0 Å². The molecule has 0 aromatic heterocycles. The van der Waals surface area contributed by atoms with Crippen LogP contribution < -0.4 is 0 Å². The molecule has 2 nitrogen and oxygen atoms in total. The minimum Gasteiger partial charge on any atom is -0.402 e. The van der Waals surface area contributed by atoms with Crippen LogP contribution in [0.3, 0.4) is 0 Å². The Morgan fingerprint density at radius 3 is 1.92 bits per heavy atom. The van der Waals surface area contributed by atoms with Gasteiger partial charge in [0.15, 0.2) is 0 Å². The average molecular weight is 202 g/mol. The maximum Gasteiger partial charge on any atom is 0.481 e. The zero-order valence-corrected chi connectivity index (χ0v) is 9.39. The van der Waals surface area contributed by atoms with Crippen molar-refractivity contribution in [2.24, 2.45) is 0 Å². The molecular weight excluding hydrogens is 186 g/mol. The van der Waals surface area contributed by atoms with Crippen molar-refractivity contribution in [3.63, 3.8) is 0 Å². The Labute approximate surface area is 85.4 Å². The van der Waals surface area contributed by atoms with Gasteiger partial charge in [0.1, 0.15) is 0 Å². The molecule has 74 valence electrons. The third-order valence-electron chi connectivity index (χ3n) is 2.76. The first-order valence-corrected chi connectivity index (χ1v) is 4.86. The molecule has 1 aliphatic rings. The van der Waals surface area contributed by atoms with Crippen molar-refractivity contribution in [1.82, 2.24) is 0 Å². The molecule has 1 rings (SSSR count). The summed E-state index contributed by atoms with van der Waals surface area (Å²) in [5.74, 6) is 0. The van der Waals surface area contributed by atoms with Gasteiger partial charge >= 0.3 is 7.12 Å². The van der Waals surface area contributed by atoms with Crippen LogP contribution in [0, 0.1) is 0 Å². The van der Waals surface area contributed by atoms with Crippen LogP contribution in [0.5, 0.6) is 0 Å². The second-order valence-corrected chi connectivity index (χ2v) is 4.81. The van der Waals surface area contributed by atoms with Gasteiger partial charge < -0.3 is 9.31 Å². The Morgan fingerprint density at radius 2 is 1.62 bits per heavy atom. The van der Waals surface area contributed by atoms with Crippen LogP contribution in [0.25, 0.3) is 0 Å². The molecule has 0 aromatic rings. The van der Waals surface area contributed by atoms with Crippen LogP contribution in [-0.4, -0.2) is 23.6 Å². The van der Waals surface area contributed by atoms with Crippen molar-refractivity contribution in [2.75, 3.05) is 0 Å². The van der Waals surface area contributed by atoms with Gasteiger partial charge in [0.25, 0.3) is 0 Å². The van der Waals surface area contributed by atoms with Gasteiger partial charge in [-0.15, -0.1) is 18.2 Å². The fourth-order valence-electron chi connectivity index (χ4n) is 1.13. The quantitative estimate of drug-likeness (QED) is 0.389. The van der Waals surface area contributed by atoms with E-state index in [0.29, 0.717) is 0 Å². The van der Waals surface area contributed by atoms with Crippen LogP contribution in [0.4, 0.5) is 0 Å². The van der Waals surface area contributed by atoms with Gasteiger partial charge in [-0.3, -0.25) is 0 Å². The second kappa shape index (κ2) is 3.30. The molecule has 1 atom stereocenters. The van der Waals surface area contributed by atoms with Crippen LogP contribution in [0.1, 0.15) is 27.7 Å². The minimum absolute atomic E-state index is 0.291. The third-order valence-corrected chi connectivity index (χ3v) is 3.14. The molecule has 0 amide bonds. The van der Waals surface area contributed by atoms with E-state index in [0.717, 1.165) is 0 Å². The first-order valence-electron chi connectivity index (χ1n) is 4.42. The largest absolute Gasteiger partial charge is 0.481 e. The molecule has 1 saturated heterocycles. The smallest absolute Gasteiger partial charge is 0.402 e. The molecule has 0 bridgehead atoms. The van der Waals surface area contributed by atoms with E-state index in [1.54, 1.807) is 6.08 Å². The molecule has 0 aliphatic carbocycles. The summed E-state index contributed by atoms with van der Waals surface area (Å²) in [7, 11) is -0.385. The Kier molecular flexibility index (Phi) is 2.82. The summed E-state index contributed by atoms with van der Waals surface area (Å²) in [5, 5.41) is -0.291. The van der Waals surface area contributed by atoms with Crippen LogP contribution >= 0.6 is 11.6 Å². The fourth-order valence-corrected chi connectivity index (χ4v) is 1.23. The lowest BCUT2D eigenvalue weighted by molar-refractivity contribution is 0.00578. The van der Waals surface area contributed by atoms with Gasteiger partial charge in [0.05, 0.1) is 16.5 Å². The Bertz CT molecular complexity index is 200.